The first kappa shape index (κ1) is 11.1. The summed E-state index contributed by atoms with van der Waals surface area (Å²) in [5.41, 5.74) is 4.98. The summed E-state index contributed by atoms with van der Waals surface area (Å²) < 4.78 is 6.96. The first-order valence-corrected chi connectivity index (χ1v) is 5.26. The zero-order valence-corrected chi connectivity index (χ0v) is 9.04. The summed E-state index contributed by atoms with van der Waals surface area (Å²) in [6.07, 6.45) is 1.91. The van der Waals surface area contributed by atoms with Gasteiger partial charge in [-0.3, -0.25) is 4.57 Å². The van der Waals surface area contributed by atoms with Crippen molar-refractivity contribution in [2.75, 3.05) is 5.73 Å². The number of anilines is 1. The standard InChI is InChI=1S/C10H15N3O3/c1-6(14)7-2-3-9(16-7)13-5-4-8(11)12-10(13)15/h4-7,9,14H,2-3H2,1H3,(H2,11,12,15). The van der Waals surface area contributed by atoms with Gasteiger partial charge < -0.3 is 15.6 Å². The van der Waals surface area contributed by atoms with Crippen LogP contribution in [0, 0.1) is 0 Å². The molecule has 3 unspecified atom stereocenters. The van der Waals surface area contributed by atoms with E-state index in [4.69, 9.17) is 10.5 Å². The van der Waals surface area contributed by atoms with E-state index < -0.39 is 11.8 Å². The van der Waals surface area contributed by atoms with Gasteiger partial charge in [-0.2, -0.15) is 4.98 Å². The van der Waals surface area contributed by atoms with Crippen LogP contribution in [0.2, 0.25) is 0 Å². The van der Waals surface area contributed by atoms with Gasteiger partial charge in [-0.15, -0.1) is 0 Å². The number of ether oxygens (including phenoxy) is 1. The van der Waals surface area contributed by atoms with Crippen molar-refractivity contribution in [2.45, 2.75) is 38.2 Å². The van der Waals surface area contributed by atoms with Gasteiger partial charge in [-0.1, -0.05) is 0 Å². The third-order valence-corrected chi connectivity index (χ3v) is 2.73. The molecule has 6 heteroatoms. The maximum atomic E-state index is 11.5. The van der Waals surface area contributed by atoms with E-state index in [0.717, 1.165) is 6.42 Å². The number of rotatable bonds is 2. The number of nitrogens with two attached hydrogens (primary N) is 1. The van der Waals surface area contributed by atoms with E-state index in [1.54, 1.807) is 19.2 Å². The quantitative estimate of drug-likeness (QED) is 0.732. The van der Waals surface area contributed by atoms with E-state index in [2.05, 4.69) is 4.98 Å². The average molecular weight is 225 g/mol. The fraction of sp³-hybridized carbons (Fsp3) is 0.600. The molecule has 3 atom stereocenters. The number of nitrogen functional groups attached to an aromatic ring is 1. The molecule has 1 aromatic rings. The van der Waals surface area contributed by atoms with Crippen LogP contribution in [0.25, 0.3) is 0 Å². The van der Waals surface area contributed by atoms with Gasteiger partial charge in [-0.25, -0.2) is 4.79 Å². The van der Waals surface area contributed by atoms with Crippen molar-refractivity contribution in [3.05, 3.63) is 22.7 Å². The Labute approximate surface area is 92.7 Å². The molecule has 0 aromatic carbocycles. The Balaban J connectivity index is 2.18. The molecule has 0 spiro atoms. The molecule has 1 aromatic heterocycles. The maximum absolute atomic E-state index is 11.5. The first-order valence-electron chi connectivity index (χ1n) is 5.26. The Morgan fingerprint density at radius 2 is 2.44 bits per heavy atom. The van der Waals surface area contributed by atoms with Gasteiger partial charge in [0.2, 0.25) is 0 Å². The summed E-state index contributed by atoms with van der Waals surface area (Å²) in [6, 6.07) is 1.56. The number of aromatic nitrogens is 2. The molecular formula is C10H15N3O3. The Morgan fingerprint density at radius 3 is 3.00 bits per heavy atom. The van der Waals surface area contributed by atoms with Crippen LogP contribution >= 0.6 is 0 Å². The summed E-state index contributed by atoms with van der Waals surface area (Å²) in [6.45, 7) is 1.68. The molecule has 88 valence electrons. The largest absolute Gasteiger partial charge is 0.391 e. The second-order valence-corrected chi connectivity index (χ2v) is 3.99. The van der Waals surface area contributed by atoms with Crippen LogP contribution in [0.4, 0.5) is 5.82 Å². The number of hydrogen-bond acceptors (Lipinski definition) is 5. The maximum Gasteiger partial charge on any atom is 0.351 e. The second-order valence-electron chi connectivity index (χ2n) is 3.99. The molecule has 1 aliphatic rings. The normalized spacial score (nSPS) is 26.9. The van der Waals surface area contributed by atoms with E-state index >= 15 is 0 Å². The molecular weight excluding hydrogens is 210 g/mol. The highest BCUT2D eigenvalue weighted by Crippen LogP contribution is 2.28. The summed E-state index contributed by atoms with van der Waals surface area (Å²) in [5.74, 6) is 0.200. The van der Waals surface area contributed by atoms with Crippen LogP contribution in [-0.4, -0.2) is 26.9 Å². The molecule has 1 saturated heterocycles. The SMILES string of the molecule is CC(O)C1CCC(n2ccc(N)nc2=O)O1. The number of aliphatic hydroxyl groups is 1. The van der Waals surface area contributed by atoms with E-state index in [-0.39, 0.29) is 18.1 Å². The molecule has 0 radical (unpaired) electrons. The molecule has 0 saturated carbocycles. The van der Waals surface area contributed by atoms with Gasteiger partial charge in [0, 0.05) is 6.20 Å². The summed E-state index contributed by atoms with van der Waals surface area (Å²) in [4.78, 5) is 15.2. The third kappa shape index (κ3) is 2.07. The van der Waals surface area contributed by atoms with Crippen molar-refractivity contribution in [1.82, 2.24) is 9.55 Å². The molecule has 3 N–H and O–H groups in total. The number of nitrogens with zero attached hydrogens (tertiary/aromatic N) is 2. The van der Waals surface area contributed by atoms with Crippen LogP contribution in [0.3, 0.4) is 0 Å². The van der Waals surface area contributed by atoms with Gasteiger partial charge in [0.25, 0.3) is 0 Å². The van der Waals surface area contributed by atoms with Gasteiger partial charge >= 0.3 is 5.69 Å². The lowest BCUT2D eigenvalue weighted by Gasteiger charge is -2.17. The van der Waals surface area contributed by atoms with Crippen molar-refractivity contribution >= 4 is 5.82 Å². The molecule has 0 amide bonds. The summed E-state index contributed by atoms with van der Waals surface area (Å²) >= 11 is 0. The van der Waals surface area contributed by atoms with Crippen molar-refractivity contribution in [1.29, 1.82) is 0 Å². The van der Waals surface area contributed by atoms with Crippen molar-refractivity contribution < 1.29 is 9.84 Å². The molecule has 2 rings (SSSR count). The lowest BCUT2D eigenvalue weighted by Crippen LogP contribution is -2.29. The molecule has 6 nitrogen and oxygen atoms in total. The third-order valence-electron chi connectivity index (χ3n) is 2.73. The van der Waals surface area contributed by atoms with Crippen molar-refractivity contribution in [2.24, 2.45) is 0 Å². The topological polar surface area (TPSA) is 90.4 Å². The van der Waals surface area contributed by atoms with Gasteiger partial charge in [-0.05, 0) is 25.8 Å². The number of aliphatic hydroxyl groups excluding tert-OH is 1. The Kier molecular flexibility index (Phi) is 2.93. The van der Waals surface area contributed by atoms with Gasteiger partial charge in [0.1, 0.15) is 12.0 Å². The van der Waals surface area contributed by atoms with Gasteiger partial charge in [0.05, 0.1) is 12.2 Å². The van der Waals surface area contributed by atoms with Crippen LogP contribution in [0.5, 0.6) is 0 Å². The monoisotopic (exact) mass is 225 g/mol. The highest BCUT2D eigenvalue weighted by Gasteiger charge is 2.30. The molecule has 16 heavy (non-hydrogen) atoms. The summed E-state index contributed by atoms with van der Waals surface area (Å²) in [7, 11) is 0. The van der Waals surface area contributed by atoms with E-state index in [9.17, 15) is 9.90 Å². The second kappa shape index (κ2) is 4.23. The van der Waals surface area contributed by atoms with E-state index in [1.807, 2.05) is 0 Å². The minimum Gasteiger partial charge on any atom is -0.391 e. The number of hydrogen-bond donors (Lipinski definition) is 2. The first-order chi connectivity index (χ1) is 7.58. The zero-order chi connectivity index (χ0) is 11.7. The van der Waals surface area contributed by atoms with E-state index in [0.29, 0.717) is 6.42 Å². The van der Waals surface area contributed by atoms with Crippen molar-refractivity contribution in [3.63, 3.8) is 0 Å². The van der Waals surface area contributed by atoms with Crippen molar-refractivity contribution in [3.8, 4) is 0 Å². The van der Waals surface area contributed by atoms with Crippen LogP contribution in [0.1, 0.15) is 26.0 Å². The Morgan fingerprint density at radius 1 is 1.69 bits per heavy atom. The smallest absolute Gasteiger partial charge is 0.351 e. The van der Waals surface area contributed by atoms with E-state index in [1.165, 1.54) is 4.57 Å². The minimum absolute atomic E-state index is 0.200. The molecule has 0 aliphatic carbocycles. The van der Waals surface area contributed by atoms with Gasteiger partial charge in [0.15, 0.2) is 0 Å². The lowest BCUT2D eigenvalue weighted by atomic mass is 10.1. The summed E-state index contributed by atoms with van der Waals surface area (Å²) in [5, 5.41) is 9.38. The predicted molar refractivity (Wildman–Crippen MR) is 57.7 cm³/mol. The fourth-order valence-electron chi connectivity index (χ4n) is 1.85. The fourth-order valence-corrected chi connectivity index (χ4v) is 1.85. The van der Waals surface area contributed by atoms with Crippen LogP contribution in [0.15, 0.2) is 17.1 Å². The Hall–Kier alpha value is -1.40. The van der Waals surface area contributed by atoms with Crippen LogP contribution in [-0.2, 0) is 4.74 Å². The average Bonchev–Trinajstić information content (AvgIpc) is 2.66. The highest BCUT2D eigenvalue weighted by atomic mass is 16.5. The lowest BCUT2D eigenvalue weighted by molar-refractivity contribution is -0.0544. The molecule has 2 heterocycles. The molecule has 0 bridgehead atoms. The predicted octanol–water partition coefficient (Wildman–Crippen LogP) is -0.116. The molecule has 1 fully saturated rings. The Bertz CT molecular complexity index is 430. The zero-order valence-electron chi connectivity index (χ0n) is 9.04. The van der Waals surface area contributed by atoms with Crippen LogP contribution < -0.4 is 11.4 Å². The minimum atomic E-state index is -0.526. The molecule has 1 aliphatic heterocycles. The highest BCUT2D eigenvalue weighted by molar-refractivity contribution is 5.23.